The topological polar surface area (TPSA) is 71.4 Å². The smallest absolute Gasteiger partial charge is 0.213 e. The summed E-state index contributed by atoms with van der Waals surface area (Å²) in [7, 11) is 2.12. The largest absolute Gasteiger partial charge is 0.343 e. The van der Waals surface area contributed by atoms with Crippen LogP contribution in [0.1, 0.15) is 5.82 Å². The van der Waals surface area contributed by atoms with Gasteiger partial charge in [0.25, 0.3) is 0 Å². The van der Waals surface area contributed by atoms with Crippen molar-refractivity contribution in [3.8, 4) is 0 Å². The molecule has 2 rings (SSSR count). The second-order valence-electron chi connectivity index (χ2n) is 3.97. The van der Waals surface area contributed by atoms with E-state index in [1.165, 1.54) is 6.39 Å². The maximum absolute atomic E-state index is 5.75. The molecule has 2 heterocycles. The molecule has 0 aliphatic carbocycles. The van der Waals surface area contributed by atoms with Crippen molar-refractivity contribution in [2.75, 3.05) is 33.2 Å². The summed E-state index contributed by atoms with van der Waals surface area (Å²) in [4.78, 5) is 8.63. The highest BCUT2D eigenvalue weighted by Gasteiger charge is 2.24. The Morgan fingerprint density at radius 1 is 1.60 bits per heavy atom. The fourth-order valence-electron chi connectivity index (χ4n) is 1.92. The molecule has 2 N–H and O–H groups in total. The SMILES string of the molecule is CN1CCN(Cc2ncon2)C(CN)C1. The Bertz CT molecular complexity index is 289. The number of hydrogen-bond donors (Lipinski definition) is 1. The Kier molecular flexibility index (Phi) is 3.30. The van der Waals surface area contributed by atoms with E-state index in [2.05, 4.69) is 27.0 Å². The molecule has 6 nitrogen and oxygen atoms in total. The van der Waals surface area contributed by atoms with E-state index in [1.807, 2.05) is 0 Å². The summed E-state index contributed by atoms with van der Waals surface area (Å²) in [5.41, 5.74) is 5.75. The summed E-state index contributed by atoms with van der Waals surface area (Å²) in [5.74, 6) is 0.734. The Morgan fingerprint density at radius 2 is 2.47 bits per heavy atom. The van der Waals surface area contributed by atoms with Crippen LogP contribution in [0.4, 0.5) is 0 Å². The van der Waals surface area contributed by atoms with Gasteiger partial charge in [-0.1, -0.05) is 5.16 Å². The van der Waals surface area contributed by atoms with Gasteiger partial charge in [0.2, 0.25) is 6.39 Å². The molecule has 1 aliphatic heterocycles. The predicted molar refractivity (Wildman–Crippen MR) is 55.0 cm³/mol. The maximum Gasteiger partial charge on any atom is 0.213 e. The molecule has 0 radical (unpaired) electrons. The molecule has 15 heavy (non-hydrogen) atoms. The molecule has 1 fully saturated rings. The average molecular weight is 211 g/mol. The standard InChI is InChI=1S/C9H17N5O/c1-13-2-3-14(8(4-10)5-13)6-9-11-7-15-12-9/h7-8H,2-6,10H2,1H3. The highest BCUT2D eigenvalue weighted by molar-refractivity contribution is 4.86. The van der Waals surface area contributed by atoms with E-state index in [0.29, 0.717) is 12.6 Å². The Hall–Kier alpha value is -0.980. The predicted octanol–water partition coefficient (Wildman–Crippen LogP) is -0.856. The minimum atomic E-state index is 0.391. The molecule has 84 valence electrons. The number of likely N-dealkylation sites (N-methyl/N-ethyl adjacent to an activating group) is 1. The van der Waals surface area contributed by atoms with Gasteiger partial charge in [-0.15, -0.1) is 0 Å². The van der Waals surface area contributed by atoms with Gasteiger partial charge in [-0.3, -0.25) is 4.90 Å². The Labute approximate surface area is 89.0 Å². The van der Waals surface area contributed by atoms with E-state index in [4.69, 9.17) is 10.3 Å². The summed E-state index contributed by atoms with van der Waals surface area (Å²) >= 11 is 0. The number of hydrogen-bond acceptors (Lipinski definition) is 6. The van der Waals surface area contributed by atoms with Gasteiger partial charge in [-0.25, -0.2) is 0 Å². The molecule has 1 aliphatic rings. The second kappa shape index (κ2) is 4.69. The lowest BCUT2D eigenvalue weighted by Gasteiger charge is -2.38. The molecule has 0 aromatic carbocycles. The van der Waals surface area contributed by atoms with E-state index in [0.717, 1.165) is 32.0 Å². The van der Waals surface area contributed by atoms with Crippen molar-refractivity contribution >= 4 is 0 Å². The second-order valence-corrected chi connectivity index (χ2v) is 3.97. The summed E-state index contributed by atoms with van der Waals surface area (Å²) in [6, 6.07) is 0.391. The van der Waals surface area contributed by atoms with Crippen LogP contribution in [0.25, 0.3) is 0 Å². The normalized spacial score (nSPS) is 24.5. The van der Waals surface area contributed by atoms with Crippen LogP contribution in [-0.4, -0.2) is 59.2 Å². The van der Waals surface area contributed by atoms with Crippen LogP contribution in [0, 0.1) is 0 Å². The lowest BCUT2D eigenvalue weighted by Crippen LogP contribution is -2.54. The lowest BCUT2D eigenvalue weighted by molar-refractivity contribution is 0.0851. The summed E-state index contributed by atoms with van der Waals surface area (Å²) in [6.07, 6.45) is 1.36. The first kappa shape index (κ1) is 10.5. The van der Waals surface area contributed by atoms with Gasteiger partial charge >= 0.3 is 0 Å². The highest BCUT2D eigenvalue weighted by atomic mass is 16.5. The first-order chi connectivity index (χ1) is 7.29. The van der Waals surface area contributed by atoms with E-state index in [1.54, 1.807) is 0 Å². The zero-order chi connectivity index (χ0) is 10.7. The van der Waals surface area contributed by atoms with Crippen LogP contribution in [0.5, 0.6) is 0 Å². The molecule has 1 aromatic heterocycles. The molecular weight excluding hydrogens is 194 g/mol. The molecule has 0 bridgehead atoms. The van der Waals surface area contributed by atoms with Gasteiger partial charge in [0, 0.05) is 32.2 Å². The van der Waals surface area contributed by atoms with Gasteiger partial charge in [0.15, 0.2) is 5.82 Å². The average Bonchev–Trinajstić information content (AvgIpc) is 2.73. The van der Waals surface area contributed by atoms with Gasteiger partial charge < -0.3 is 15.2 Å². The number of nitrogens with zero attached hydrogens (tertiary/aromatic N) is 4. The zero-order valence-electron chi connectivity index (χ0n) is 8.96. The number of nitrogens with two attached hydrogens (primary N) is 1. The fraction of sp³-hybridized carbons (Fsp3) is 0.778. The summed E-state index contributed by atoms with van der Waals surface area (Å²) in [6.45, 7) is 4.48. The van der Waals surface area contributed by atoms with Crippen molar-refractivity contribution in [3.05, 3.63) is 12.2 Å². The van der Waals surface area contributed by atoms with Crippen LogP contribution < -0.4 is 5.73 Å². The van der Waals surface area contributed by atoms with Gasteiger partial charge in [0.05, 0.1) is 6.54 Å². The molecule has 1 aromatic rings. The first-order valence-corrected chi connectivity index (χ1v) is 5.17. The van der Waals surface area contributed by atoms with Crippen molar-refractivity contribution in [1.29, 1.82) is 0 Å². The fourth-order valence-corrected chi connectivity index (χ4v) is 1.92. The quantitative estimate of drug-likeness (QED) is 0.702. The zero-order valence-corrected chi connectivity index (χ0v) is 8.96. The van der Waals surface area contributed by atoms with Crippen molar-refractivity contribution in [2.45, 2.75) is 12.6 Å². The molecule has 0 saturated carbocycles. The van der Waals surface area contributed by atoms with Crippen LogP contribution in [0.2, 0.25) is 0 Å². The van der Waals surface area contributed by atoms with Gasteiger partial charge in [-0.05, 0) is 7.05 Å². The minimum absolute atomic E-state index is 0.391. The number of rotatable bonds is 3. The van der Waals surface area contributed by atoms with E-state index in [-0.39, 0.29) is 0 Å². The third-order valence-electron chi connectivity index (χ3n) is 2.83. The van der Waals surface area contributed by atoms with Crippen LogP contribution >= 0.6 is 0 Å². The van der Waals surface area contributed by atoms with E-state index < -0.39 is 0 Å². The van der Waals surface area contributed by atoms with Crippen LogP contribution in [0.15, 0.2) is 10.9 Å². The van der Waals surface area contributed by atoms with E-state index in [9.17, 15) is 0 Å². The number of piperazine rings is 1. The Morgan fingerprint density at radius 3 is 3.13 bits per heavy atom. The van der Waals surface area contributed by atoms with Crippen molar-refractivity contribution in [1.82, 2.24) is 19.9 Å². The molecule has 6 heteroatoms. The molecule has 1 saturated heterocycles. The molecule has 1 atom stereocenters. The third-order valence-corrected chi connectivity index (χ3v) is 2.83. The lowest BCUT2D eigenvalue weighted by atomic mass is 10.1. The highest BCUT2D eigenvalue weighted by Crippen LogP contribution is 2.10. The molecule has 1 unspecified atom stereocenters. The van der Waals surface area contributed by atoms with Crippen LogP contribution in [-0.2, 0) is 6.54 Å². The molecule has 0 amide bonds. The van der Waals surface area contributed by atoms with Crippen LogP contribution in [0.3, 0.4) is 0 Å². The maximum atomic E-state index is 5.75. The van der Waals surface area contributed by atoms with Crippen molar-refractivity contribution in [3.63, 3.8) is 0 Å². The van der Waals surface area contributed by atoms with Gasteiger partial charge in [-0.2, -0.15) is 4.98 Å². The number of aromatic nitrogens is 2. The molecular formula is C9H17N5O. The Balaban J connectivity index is 1.95. The van der Waals surface area contributed by atoms with Crippen molar-refractivity contribution < 1.29 is 4.52 Å². The summed E-state index contributed by atoms with van der Waals surface area (Å²) < 4.78 is 4.72. The minimum Gasteiger partial charge on any atom is -0.343 e. The third kappa shape index (κ3) is 2.53. The molecule has 0 spiro atoms. The monoisotopic (exact) mass is 211 g/mol. The van der Waals surface area contributed by atoms with Gasteiger partial charge in [0.1, 0.15) is 0 Å². The first-order valence-electron chi connectivity index (χ1n) is 5.17. The summed E-state index contributed by atoms with van der Waals surface area (Å²) in [5, 5.41) is 3.82. The van der Waals surface area contributed by atoms with E-state index >= 15 is 0 Å². The van der Waals surface area contributed by atoms with Crippen molar-refractivity contribution in [2.24, 2.45) is 5.73 Å².